The van der Waals surface area contributed by atoms with Crippen molar-refractivity contribution in [1.29, 1.82) is 0 Å². The lowest BCUT2D eigenvalue weighted by Gasteiger charge is -2.21. The van der Waals surface area contributed by atoms with Gasteiger partial charge in [-0.25, -0.2) is 9.37 Å². The molecule has 8 nitrogen and oxygen atoms in total. The highest BCUT2D eigenvalue weighted by atomic mass is 32.1. The van der Waals surface area contributed by atoms with Crippen molar-refractivity contribution >= 4 is 39.9 Å². The lowest BCUT2D eigenvalue weighted by Crippen LogP contribution is -2.46. The SMILES string of the molecule is C/C=C(/F)c1ccc(-c2csc(NC(=O)C(COC)NC(=O)c3ccn(C(C)(C)C)c3)n2)cc1C(C)=O.CCC. The highest BCUT2D eigenvalue weighted by Gasteiger charge is 2.24. The van der Waals surface area contributed by atoms with Gasteiger partial charge in [-0.15, -0.1) is 11.3 Å². The molecule has 0 bridgehead atoms. The Bertz CT molecular complexity index is 1350. The molecule has 1 atom stereocenters. The fourth-order valence-electron chi connectivity index (χ4n) is 3.55. The van der Waals surface area contributed by atoms with Gasteiger partial charge in [0.2, 0.25) is 0 Å². The van der Waals surface area contributed by atoms with Crippen LogP contribution in [0.2, 0.25) is 0 Å². The van der Waals surface area contributed by atoms with Crippen LogP contribution >= 0.6 is 11.3 Å². The molecule has 2 N–H and O–H groups in total. The Morgan fingerprint density at radius 2 is 1.85 bits per heavy atom. The quantitative estimate of drug-likeness (QED) is 0.279. The molecule has 2 amide bonds. The number of hydrogen-bond acceptors (Lipinski definition) is 6. The van der Waals surface area contributed by atoms with E-state index in [0.29, 0.717) is 22.0 Å². The predicted molar refractivity (Wildman–Crippen MR) is 159 cm³/mol. The highest BCUT2D eigenvalue weighted by molar-refractivity contribution is 7.14. The van der Waals surface area contributed by atoms with E-state index in [1.165, 1.54) is 43.9 Å². The molecule has 0 aliphatic heterocycles. The van der Waals surface area contributed by atoms with E-state index in [1.54, 1.807) is 36.7 Å². The van der Waals surface area contributed by atoms with Gasteiger partial charge in [-0.3, -0.25) is 14.4 Å². The number of anilines is 1. The number of carbonyl (C=O) groups is 3. The van der Waals surface area contributed by atoms with Crippen LogP contribution in [0.3, 0.4) is 0 Å². The largest absolute Gasteiger partial charge is 0.382 e. The van der Waals surface area contributed by atoms with E-state index in [1.807, 2.05) is 31.5 Å². The monoisotopic (exact) mass is 570 g/mol. The van der Waals surface area contributed by atoms with Crippen molar-refractivity contribution in [2.75, 3.05) is 19.0 Å². The number of Topliss-reactive ketones (excluding diaryl/α,β-unsaturated/α-hetero) is 1. The van der Waals surface area contributed by atoms with Crippen molar-refractivity contribution in [3.63, 3.8) is 0 Å². The molecule has 1 unspecified atom stereocenters. The molecule has 0 saturated heterocycles. The van der Waals surface area contributed by atoms with E-state index in [-0.39, 0.29) is 29.1 Å². The number of amides is 2. The maximum Gasteiger partial charge on any atom is 0.253 e. The number of benzene rings is 1. The molecule has 0 aliphatic rings. The molecule has 0 aliphatic carbocycles. The summed E-state index contributed by atoms with van der Waals surface area (Å²) in [4.78, 5) is 42.2. The molecule has 2 aromatic heterocycles. The number of rotatable bonds is 9. The number of aromatic nitrogens is 2. The van der Waals surface area contributed by atoms with Crippen LogP contribution in [-0.2, 0) is 15.1 Å². The van der Waals surface area contributed by atoms with Gasteiger partial charge in [0.15, 0.2) is 10.9 Å². The molecule has 2 heterocycles. The van der Waals surface area contributed by atoms with Crippen molar-refractivity contribution in [3.05, 3.63) is 64.8 Å². The van der Waals surface area contributed by atoms with Crippen LogP contribution < -0.4 is 10.6 Å². The molecule has 10 heteroatoms. The molecule has 1 aromatic carbocycles. The van der Waals surface area contributed by atoms with Gasteiger partial charge in [0.05, 0.1) is 17.9 Å². The summed E-state index contributed by atoms with van der Waals surface area (Å²) in [5, 5.41) is 7.45. The molecule has 216 valence electrons. The maximum absolute atomic E-state index is 14.2. The molecule has 0 radical (unpaired) electrons. The average molecular weight is 571 g/mol. The highest BCUT2D eigenvalue weighted by Crippen LogP contribution is 2.30. The van der Waals surface area contributed by atoms with E-state index in [4.69, 9.17) is 4.74 Å². The van der Waals surface area contributed by atoms with Crippen LogP contribution in [-0.4, -0.2) is 46.9 Å². The van der Waals surface area contributed by atoms with Gasteiger partial charge < -0.3 is 19.9 Å². The lowest BCUT2D eigenvalue weighted by atomic mass is 9.99. The van der Waals surface area contributed by atoms with Gasteiger partial charge in [0.1, 0.15) is 11.9 Å². The Hall–Kier alpha value is -3.63. The molecule has 40 heavy (non-hydrogen) atoms. The summed E-state index contributed by atoms with van der Waals surface area (Å²) >= 11 is 1.19. The molecule has 3 rings (SSSR count). The van der Waals surface area contributed by atoms with Gasteiger partial charge in [0, 0.05) is 47.1 Å². The van der Waals surface area contributed by atoms with Crippen LogP contribution in [0.5, 0.6) is 0 Å². The lowest BCUT2D eigenvalue weighted by molar-refractivity contribution is -0.119. The van der Waals surface area contributed by atoms with Gasteiger partial charge in [-0.05, 0) is 46.8 Å². The topological polar surface area (TPSA) is 102 Å². The number of halogens is 1. The first-order valence-electron chi connectivity index (χ1n) is 13.1. The van der Waals surface area contributed by atoms with E-state index in [0.717, 1.165) is 0 Å². The predicted octanol–water partition coefficient (Wildman–Crippen LogP) is 6.70. The van der Waals surface area contributed by atoms with Crippen LogP contribution in [0.25, 0.3) is 17.1 Å². The molecular formula is C30H39FN4O4S. The van der Waals surface area contributed by atoms with Gasteiger partial charge in [0.25, 0.3) is 11.8 Å². The number of hydrogen-bond donors (Lipinski definition) is 2. The molecule has 0 saturated carbocycles. The first kappa shape index (κ1) is 32.6. The summed E-state index contributed by atoms with van der Waals surface area (Å²) in [7, 11) is 1.44. The van der Waals surface area contributed by atoms with Crippen LogP contribution in [0, 0.1) is 0 Å². The third kappa shape index (κ3) is 8.69. The number of thiazole rings is 1. The number of ether oxygens (including phenoxy) is 1. The van der Waals surface area contributed by atoms with E-state index in [2.05, 4.69) is 29.5 Å². The zero-order valence-corrected chi connectivity index (χ0v) is 25.2. The summed E-state index contributed by atoms with van der Waals surface area (Å²) in [6, 6.07) is 5.53. The van der Waals surface area contributed by atoms with Crippen LogP contribution in [0.15, 0.2) is 48.1 Å². The number of ketones is 1. The maximum atomic E-state index is 14.2. The number of methoxy groups -OCH3 is 1. The van der Waals surface area contributed by atoms with Gasteiger partial charge >= 0.3 is 0 Å². The van der Waals surface area contributed by atoms with Crippen molar-refractivity contribution in [1.82, 2.24) is 14.9 Å². The summed E-state index contributed by atoms with van der Waals surface area (Å²) < 4.78 is 21.2. The summed E-state index contributed by atoms with van der Waals surface area (Å²) in [6.07, 6.45) is 6.09. The zero-order valence-electron chi connectivity index (χ0n) is 24.4. The summed E-state index contributed by atoms with van der Waals surface area (Å²) in [6.45, 7) is 13.2. The fraction of sp³-hybridized carbons (Fsp3) is 0.400. The number of allylic oxidation sites excluding steroid dienone is 1. The minimum Gasteiger partial charge on any atom is -0.382 e. The fourth-order valence-corrected chi connectivity index (χ4v) is 4.28. The molecular weight excluding hydrogens is 531 g/mol. The Balaban J connectivity index is 0.00000178. The Labute approximate surface area is 239 Å². The number of carbonyl (C=O) groups excluding carboxylic acids is 3. The second-order valence-electron chi connectivity index (χ2n) is 10.1. The molecule has 0 spiro atoms. The third-order valence-electron chi connectivity index (χ3n) is 5.62. The van der Waals surface area contributed by atoms with Gasteiger partial charge in [-0.2, -0.15) is 0 Å². The Kier molecular flexibility index (Phi) is 11.9. The zero-order chi connectivity index (χ0) is 30.0. The van der Waals surface area contributed by atoms with Crippen molar-refractivity contribution in [2.45, 2.75) is 66.5 Å². The summed E-state index contributed by atoms with van der Waals surface area (Å²) in [5.41, 5.74) is 1.84. The van der Waals surface area contributed by atoms with Crippen molar-refractivity contribution in [3.8, 4) is 11.3 Å². The minimum atomic E-state index is -0.949. The summed E-state index contributed by atoms with van der Waals surface area (Å²) in [5.74, 6) is -1.63. The average Bonchev–Trinajstić information content (AvgIpc) is 3.58. The van der Waals surface area contributed by atoms with E-state index >= 15 is 0 Å². The standard InChI is InChI=1S/C27H31FN4O4S.C3H8/c1-7-21(28)19-9-8-17(12-20(19)16(2)33)23-15-37-26(30-23)31-25(35)22(14-36-6)29-24(34)18-10-11-32(13-18)27(3,4)5;1-3-2/h7-13,15,22H,14H2,1-6H3,(H,29,34)(H,30,31,35);3H2,1-2H3/b21-7+;. The first-order valence-corrected chi connectivity index (χ1v) is 14.0. The second kappa shape index (κ2) is 14.7. The minimum absolute atomic E-state index is 0.0320. The normalized spacial score (nSPS) is 12.3. The third-order valence-corrected chi connectivity index (χ3v) is 6.38. The number of nitrogens with one attached hydrogen (secondary N) is 2. The van der Waals surface area contributed by atoms with Crippen LogP contribution in [0.1, 0.15) is 81.2 Å². The van der Waals surface area contributed by atoms with E-state index < -0.39 is 23.7 Å². The Morgan fingerprint density at radius 3 is 2.40 bits per heavy atom. The Morgan fingerprint density at radius 1 is 1.18 bits per heavy atom. The second-order valence-corrected chi connectivity index (χ2v) is 11.0. The van der Waals surface area contributed by atoms with Crippen molar-refractivity contribution < 1.29 is 23.5 Å². The van der Waals surface area contributed by atoms with Crippen molar-refractivity contribution in [2.24, 2.45) is 0 Å². The molecule has 0 fully saturated rings. The van der Waals surface area contributed by atoms with Crippen LogP contribution in [0.4, 0.5) is 9.52 Å². The molecule has 3 aromatic rings. The smallest absolute Gasteiger partial charge is 0.253 e. The van der Waals surface area contributed by atoms with Gasteiger partial charge in [-0.1, -0.05) is 38.5 Å². The number of nitrogens with zero attached hydrogens (tertiary/aromatic N) is 2. The first-order chi connectivity index (χ1) is 18.9. The van der Waals surface area contributed by atoms with E-state index in [9.17, 15) is 18.8 Å².